The van der Waals surface area contributed by atoms with Crippen LogP contribution < -0.4 is 0 Å². The third-order valence-corrected chi connectivity index (χ3v) is 2.77. The summed E-state index contributed by atoms with van der Waals surface area (Å²) in [4.78, 5) is 8.41. The van der Waals surface area contributed by atoms with Gasteiger partial charge >= 0.3 is 0 Å². The summed E-state index contributed by atoms with van der Waals surface area (Å²) in [5.41, 5.74) is 4.02. The normalized spacial score (nSPS) is 11.3. The van der Waals surface area contributed by atoms with E-state index in [1.54, 1.807) is 12.5 Å². The van der Waals surface area contributed by atoms with Gasteiger partial charge in [-0.25, -0.2) is 4.98 Å². The molecule has 1 aromatic carbocycles. The van der Waals surface area contributed by atoms with E-state index in [0.717, 1.165) is 16.6 Å². The topological polar surface area (TPSA) is 30.2 Å². The van der Waals surface area contributed by atoms with Crippen molar-refractivity contribution in [3.8, 4) is 0 Å². The molecule has 0 aliphatic heterocycles. The van der Waals surface area contributed by atoms with Crippen molar-refractivity contribution in [2.75, 3.05) is 0 Å². The molecule has 0 aliphatic carbocycles. The molecule has 0 radical (unpaired) electrons. The summed E-state index contributed by atoms with van der Waals surface area (Å²) in [5.74, 6) is 0. The molecule has 2 heterocycles. The van der Waals surface area contributed by atoms with E-state index < -0.39 is 0 Å². The van der Waals surface area contributed by atoms with Crippen molar-refractivity contribution in [2.45, 2.75) is 6.92 Å². The monoisotopic (exact) mass is 217 g/mol. The predicted octanol–water partition coefficient (Wildman–Crippen LogP) is 2.84. The van der Waals surface area contributed by atoms with E-state index in [1.165, 1.54) is 5.56 Å². The van der Waals surface area contributed by atoms with Crippen LogP contribution >= 0.6 is 11.6 Å². The fourth-order valence-electron chi connectivity index (χ4n) is 1.71. The maximum atomic E-state index is 5.93. The van der Waals surface area contributed by atoms with E-state index in [2.05, 4.69) is 16.0 Å². The van der Waals surface area contributed by atoms with Gasteiger partial charge in [-0.1, -0.05) is 17.7 Å². The Hall–Kier alpha value is -1.61. The zero-order valence-corrected chi connectivity index (χ0v) is 8.86. The molecule has 0 N–H and O–H groups in total. The molecule has 0 fully saturated rings. The lowest BCUT2D eigenvalue weighted by Crippen LogP contribution is -1.89. The second-order valence-electron chi connectivity index (χ2n) is 3.54. The summed E-state index contributed by atoms with van der Waals surface area (Å²) in [6.07, 6.45) is 3.47. The number of hydrogen-bond donors (Lipinski definition) is 0. The first-order valence-corrected chi connectivity index (χ1v) is 5.01. The van der Waals surface area contributed by atoms with Crippen LogP contribution in [0, 0.1) is 6.92 Å². The maximum Gasteiger partial charge on any atom is 0.156 e. The van der Waals surface area contributed by atoms with Crippen LogP contribution in [0.4, 0.5) is 0 Å². The van der Waals surface area contributed by atoms with Gasteiger partial charge in [-0.2, -0.15) is 0 Å². The molecule has 4 heteroatoms. The zero-order chi connectivity index (χ0) is 10.4. The minimum absolute atomic E-state index is 0.491. The highest BCUT2D eigenvalue weighted by molar-refractivity contribution is 6.32. The van der Waals surface area contributed by atoms with Gasteiger partial charge in [-0.3, -0.25) is 9.38 Å². The van der Waals surface area contributed by atoms with Crippen LogP contribution in [0.2, 0.25) is 5.15 Å². The van der Waals surface area contributed by atoms with E-state index >= 15 is 0 Å². The first kappa shape index (κ1) is 8.68. The number of imidazole rings is 1. The predicted molar refractivity (Wildman–Crippen MR) is 60.2 cm³/mol. The lowest BCUT2D eigenvalue weighted by molar-refractivity contribution is 1.18. The van der Waals surface area contributed by atoms with Crippen molar-refractivity contribution in [2.24, 2.45) is 0 Å². The van der Waals surface area contributed by atoms with Crippen molar-refractivity contribution >= 4 is 28.2 Å². The van der Waals surface area contributed by atoms with E-state index in [4.69, 9.17) is 11.6 Å². The number of aromatic nitrogens is 3. The van der Waals surface area contributed by atoms with Crippen molar-refractivity contribution in [1.82, 2.24) is 14.4 Å². The number of fused-ring (bicyclic) bond motifs is 3. The van der Waals surface area contributed by atoms with Crippen LogP contribution in [0.15, 0.2) is 30.7 Å². The lowest BCUT2D eigenvalue weighted by atomic mass is 10.2. The van der Waals surface area contributed by atoms with Crippen molar-refractivity contribution in [3.05, 3.63) is 41.4 Å². The molecule has 3 aromatic rings. The van der Waals surface area contributed by atoms with Gasteiger partial charge in [0.2, 0.25) is 0 Å². The first-order valence-electron chi connectivity index (χ1n) is 4.63. The lowest BCUT2D eigenvalue weighted by Gasteiger charge is -2.01. The smallest absolute Gasteiger partial charge is 0.156 e. The summed E-state index contributed by atoms with van der Waals surface area (Å²) in [6, 6.07) is 6.13. The maximum absolute atomic E-state index is 5.93. The zero-order valence-electron chi connectivity index (χ0n) is 8.11. The highest BCUT2D eigenvalue weighted by Gasteiger charge is 2.05. The SMILES string of the molecule is Cc1ccc2c(c1)ncc1c(Cl)ncn12. The quantitative estimate of drug-likeness (QED) is 0.580. The van der Waals surface area contributed by atoms with Gasteiger partial charge in [0.05, 0.1) is 17.2 Å². The number of nitrogens with zero attached hydrogens (tertiary/aromatic N) is 3. The Morgan fingerprint density at radius 1 is 1.20 bits per heavy atom. The van der Waals surface area contributed by atoms with Gasteiger partial charge in [-0.05, 0) is 24.6 Å². The number of halogens is 1. The minimum atomic E-state index is 0.491. The molecule has 3 rings (SSSR count). The molecule has 0 atom stereocenters. The van der Waals surface area contributed by atoms with E-state index in [0.29, 0.717) is 5.15 Å². The van der Waals surface area contributed by atoms with Crippen molar-refractivity contribution < 1.29 is 0 Å². The molecule has 0 bridgehead atoms. The van der Waals surface area contributed by atoms with Crippen molar-refractivity contribution in [1.29, 1.82) is 0 Å². The Balaban J connectivity index is 2.55. The molecule has 0 aliphatic rings. The third kappa shape index (κ3) is 1.20. The fourth-order valence-corrected chi connectivity index (χ4v) is 1.90. The van der Waals surface area contributed by atoms with Gasteiger partial charge in [0.1, 0.15) is 11.8 Å². The Kier molecular flexibility index (Phi) is 1.70. The summed E-state index contributed by atoms with van der Waals surface area (Å²) >= 11 is 5.93. The number of rotatable bonds is 0. The molecule has 0 spiro atoms. The molecule has 0 saturated carbocycles. The molecular formula is C11H8ClN3. The third-order valence-electron chi connectivity index (χ3n) is 2.47. The van der Waals surface area contributed by atoms with Crippen LogP contribution in [0.1, 0.15) is 5.56 Å². The molecule has 0 saturated heterocycles. The van der Waals surface area contributed by atoms with Crippen LogP contribution in [0.3, 0.4) is 0 Å². The summed E-state index contributed by atoms with van der Waals surface area (Å²) in [5, 5.41) is 0.491. The number of aryl methyl sites for hydroxylation is 1. The average molecular weight is 218 g/mol. The standard InChI is InChI=1S/C11H8ClN3/c1-7-2-3-9-8(4-7)13-5-10-11(12)14-6-15(9)10/h2-6H,1H3. The van der Waals surface area contributed by atoms with Crippen LogP contribution in [0.25, 0.3) is 16.6 Å². The highest BCUT2D eigenvalue weighted by atomic mass is 35.5. The second-order valence-corrected chi connectivity index (χ2v) is 3.90. The Labute approximate surface area is 91.3 Å². The Morgan fingerprint density at radius 2 is 2.07 bits per heavy atom. The molecular weight excluding hydrogens is 210 g/mol. The van der Waals surface area contributed by atoms with E-state index in [1.807, 2.05) is 23.5 Å². The molecule has 0 amide bonds. The van der Waals surface area contributed by atoms with Crippen LogP contribution in [-0.4, -0.2) is 14.4 Å². The van der Waals surface area contributed by atoms with Crippen LogP contribution in [-0.2, 0) is 0 Å². The number of benzene rings is 1. The van der Waals surface area contributed by atoms with Crippen molar-refractivity contribution in [3.63, 3.8) is 0 Å². The van der Waals surface area contributed by atoms with Crippen LogP contribution in [0.5, 0.6) is 0 Å². The van der Waals surface area contributed by atoms with E-state index in [-0.39, 0.29) is 0 Å². The fraction of sp³-hybridized carbons (Fsp3) is 0.0909. The summed E-state index contributed by atoms with van der Waals surface area (Å²) in [7, 11) is 0. The van der Waals surface area contributed by atoms with Gasteiger partial charge < -0.3 is 0 Å². The van der Waals surface area contributed by atoms with Gasteiger partial charge in [0.15, 0.2) is 5.15 Å². The molecule has 15 heavy (non-hydrogen) atoms. The Bertz CT molecular complexity index is 657. The molecule has 0 unspecified atom stereocenters. The second kappa shape index (κ2) is 2.94. The highest BCUT2D eigenvalue weighted by Crippen LogP contribution is 2.20. The first-order chi connectivity index (χ1) is 7.25. The summed E-state index contributed by atoms with van der Waals surface area (Å²) < 4.78 is 1.95. The summed E-state index contributed by atoms with van der Waals surface area (Å²) in [6.45, 7) is 2.05. The largest absolute Gasteiger partial charge is 0.294 e. The molecule has 2 aromatic heterocycles. The average Bonchev–Trinajstić information content (AvgIpc) is 2.60. The van der Waals surface area contributed by atoms with Gasteiger partial charge in [-0.15, -0.1) is 0 Å². The minimum Gasteiger partial charge on any atom is -0.294 e. The number of hydrogen-bond acceptors (Lipinski definition) is 2. The van der Waals surface area contributed by atoms with E-state index in [9.17, 15) is 0 Å². The molecule has 74 valence electrons. The Morgan fingerprint density at radius 3 is 2.93 bits per heavy atom. The molecule has 3 nitrogen and oxygen atoms in total. The van der Waals surface area contributed by atoms with Gasteiger partial charge in [0.25, 0.3) is 0 Å². The van der Waals surface area contributed by atoms with Gasteiger partial charge in [0, 0.05) is 0 Å².